The average Bonchev–Trinajstić information content (AvgIpc) is 3.19. The minimum absolute atomic E-state index is 0. The van der Waals surface area contributed by atoms with Crippen LogP contribution in [-0.4, -0.2) is 6.16 Å². The van der Waals surface area contributed by atoms with Crippen LogP contribution in [0.25, 0.3) is 0 Å². The Balaban J connectivity index is 0.000000217. The van der Waals surface area contributed by atoms with Crippen molar-refractivity contribution in [2.75, 3.05) is 6.16 Å². The van der Waals surface area contributed by atoms with Crippen molar-refractivity contribution < 1.29 is 34.0 Å². The quantitative estimate of drug-likeness (QED) is 0.187. The van der Waals surface area contributed by atoms with E-state index in [0.29, 0.717) is 0 Å². The lowest BCUT2D eigenvalue weighted by molar-refractivity contribution is -0.001000. The van der Waals surface area contributed by atoms with Crippen LogP contribution in [0.3, 0.4) is 0 Å². The summed E-state index contributed by atoms with van der Waals surface area (Å²) in [7, 11) is -3.48. The van der Waals surface area contributed by atoms with E-state index in [4.69, 9.17) is 0 Å². The lowest BCUT2D eigenvalue weighted by atomic mass is 10.3. The van der Waals surface area contributed by atoms with E-state index in [1.807, 2.05) is 0 Å². The van der Waals surface area contributed by atoms with E-state index >= 15 is 0 Å². The molecule has 7 rings (SSSR count). The molecule has 0 fully saturated rings. The topological polar surface area (TPSA) is 0 Å². The monoisotopic (exact) mass is 816 g/mol. The molecule has 0 saturated heterocycles. The molecule has 0 unspecified atom stereocenters. The largest absolute Gasteiger partial charge is 1.00 e. The second kappa shape index (κ2) is 19.7. The van der Waals surface area contributed by atoms with E-state index in [-0.39, 0.29) is 34.0 Å². The maximum Gasteiger partial charge on any atom is 0.144 e. The van der Waals surface area contributed by atoms with Crippen LogP contribution in [-0.2, 0) is 0 Å². The summed E-state index contributed by atoms with van der Waals surface area (Å²) < 4.78 is 0. The zero-order valence-corrected chi connectivity index (χ0v) is 33.4. The van der Waals surface area contributed by atoms with E-state index in [1.54, 1.807) is 0 Å². The molecule has 4 heteroatoms. The third-order valence-corrected chi connectivity index (χ3v) is 17.8. The Morgan fingerprint density at radius 2 is 0.500 bits per heavy atom. The number of rotatable bonds is 10. The smallest absolute Gasteiger partial charge is 0.144 e. The highest BCUT2D eigenvalue weighted by Gasteiger charge is 2.47. The van der Waals surface area contributed by atoms with Crippen molar-refractivity contribution in [3.63, 3.8) is 0 Å². The van der Waals surface area contributed by atoms with Crippen molar-refractivity contribution in [3.05, 3.63) is 212 Å². The first kappa shape index (κ1) is 39.2. The second-order valence-electron chi connectivity index (χ2n) is 11.9. The maximum atomic E-state index is 2.32. The van der Waals surface area contributed by atoms with Gasteiger partial charge in [-0.1, -0.05) is 141 Å². The molecule has 0 radical (unpaired) electrons. The molecular weight excluding hydrogens is 774 g/mol. The Labute approximate surface area is 321 Å². The van der Waals surface area contributed by atoms with E-state index < -0.39 is 14.5 Å². The van der Waals surface area contributed by atoms with Gasteiger partial charge in [0.1, 0.15) is 51.7 Å². The van der Waals surface area contributed by atoms with Gasteiger partial charge in [0.15, 0.2) is 0 Å². The van der Waals surface area contributed by atoms with Gasteiger partial charge >= 0.3 is 0 Å². The summed E-state index contributed by atoms with van der Waals surface area (Å²) in [5.74, 6) is 0. The van der Waals surface area contributed by atoms with Crippen molar-refractivity contribution in [3.8, 4) is 0 Å². The average molecular weight is 819 g/mol. The standard InChI is InChI=1S/C24H20P.C22H24P.2BrH/c1-5-13-21(14-6-1)25(22-15-7-2-8-16-22,23-17-9-3-10-18-23)24-19-11-4-12-20-24;1-2-3-19-23(20-13-7-4-8-14-20,21-15-9-5-10-16-21)22-17-11-6-12-18-22;;/h1-20H;4-18H,2-3,19H2,1H3;2*1H/q2*+1;;/p-2. The van der Waals surface area contributed by atoms with E-state index in [2.05, 4.69) is 219 Å². The fraction of sp³-hybridized carbons (Fsp3) is 0.0870. The van der Waals surface area contributed by atoms with Crippen LogP contribution in [0.1, 0.15) is 19.8 Å². The highest BCUT2D eigenvalue weighted by molar-refractivity contribution is 8.01. The fourth-order valence-corrected chi connectivity index (χ4v) is 15.5. The Bertz CT molecular complexity index is 1660. The summed E-state index contributed by atoms with van der Waals surface area (Å²) >= 11 is 0. The summed E-state index contributed by atoms with van der Waals surface area (Å²) in [5.41, 5.74) is 0. The van der Waals surface area contributed by atoms with Crippen LogP contribution in [0.15, 0.2) is 212 Å². The zero-order valence-electron chi connectivity index (χ0n) is 28.5. The van der Waals surface area contributed by atoms with Crippen molar-refractivity contribution in [2.45, 2.75) is 19.8 Å². The highest BCUT2D eigenvalue weighted by atomic mass is 79.9. The second-order valence-corrected chi connectivity index (χ2v) is 18.9. The molecule has 7 aromatic rings. The first-order valence-electron chi connectivity index (χ1n) is 17.0. The molecule has 0 aliphatic heterocycles. The van der Waals surface area contributed by atoms with Crippen molar-refractivity contribution in [1.82, 2.24) is 0 Å². The summed E-state index contributed by atoms with van der Waals surface area (Å²) in [6.45, 7) is 2.29. The van der Waals surface area contributed by atoms with Crippen LogP contribution in [0, 0.1) is 0 Å². The molecule has 0 spiro atoms. The molecule has 0 aliphatic carbocycles. The lowest BCUT2D eigenvalue weighted by Gasteiger charge is -2.27. The van der Waals surface area contributed by atoms with Crippen LogP contribution < -0.4 is 71.1 Å². The zero-order chi connectivity index (χ0) is 32.9. The Morgan fingerprint density at radius 3 is 0.700 bits per heavy atom. The predicted molar refractivity (Wildman–Crippen MR) is 216 cm³/mol. The third-order valence-electron chi connectivity index (χ3n) is 9.01. The number of hydrogen-bond donors (Lipinski definition) is 0. The van der Waals surface area contributed by atoms with Crippen LogP contribution in [0.5, 0.6) is 0 Å². The first-order chi connectivity index (χ1) is 23.8. The van der Waals surface area contributed by atoms with Gasteiger partial charge in [0.05, 0.1) is 6.16 Å². The molecule has 0 heterocycles. The fourth-order valence-electron chi connectivity index (χ4n) is 6.78. The van der Waals surface area contributed by atoms with Gasteiger partial charge in [-0.2, -0.15) is 0 Å². The van der Waals surface area contributed by atoms with Crippen molar-refractivity contribution in [2.24, 2.45) is 0 Å². The van der Waals surface area contributed by atoms with Gasteiger partial charge < -0.3 is 34.0 Å². The van der Waals surface area contributed by atoms with Crippen LogP contribution in [0.4, 0.5) is 0 Å². The number of benzene rings is 7. The summed E-state index contributed by atoms with van der Waals surface area (Å²) in [4.78, 5) is 0. The number of hydrogen-bond acceptors (Lipinski definition) is 0. The van der Waals surface area contributed by atoms with E-state index in [1.165, 1.54) is 56.1 Å². The third kappa shape index (κ3) is 8.45. The van der Waals surface area contributed by atoms with Crippen LogP contribution in [0.2, 0.25) is 0 Å². The molecule has 0 aromatic heterocycles. The molecular formula is C46H44Br2P2. The molecule has 0 bridgehead atoms. The highest BCUT2D eigenvalue weighted by Crippen LogP contribution is 2.56. The number of halogens is 2. The van der Waals surface area contributed by atoms with Crippen LogP contribution >= 0.6 is 14.5 Å². The van der Waals surface area contributed by atoms with E-state index in [9.17, 15) is 0 Å². The SMILES string of the molecule is CCCC[P+](c1ccccc1)(c1ccccc1)c1ccccc1.[Br-].[Br-].c1ccc([P+](c2ccccc2)(c2ccccc2)c2ccccc2)cc1. The normalized spacial score (nSPS) is 10.8. The number of unbranched alkanes of at least 4 members (excludes halogenated alkanes) is 1. The Kier molecular flexibility index (Phi) is 15.4. The van der Waals surface area contributed by atoms with Crippen molar-refractivity contribution in [1.29, 1.82) is 0 Å². The maximum absolute atomic E-state index is 2.32. The van der Waals surface area contributed by atoms with Gasteiger partial charge in [-0.3, -0.25) is 0 Å². The Morgan fingerprint density at radius 1 is 0.300 bits per heavy atom. The molecule has 0 nitrogen and oxygen atoms in total. The Hall–Kier alpha value is -3.64. The first-order valence-corrected chi connectivity index (χ1v) is 20.7. The minimum Gasteiger partial charge on any atom is -1.00 e. The summed E-state index contributed by atoms with van der Waals surface area (Å²) in [5, 5.41) is 10.0. The molecule has 252 valence electrons. The minimum atomic E-state index is -1.91. The molecule has 7 aromatic carbocycles. The van der Waals surface area contributed by atoms with Crippen molar-refractivity contribution >= 4 is 51.7 Å². The summed E-state index contributed by atoms with van der Waals surface area (Å²) in [6.07, 6.45) is 3.72. The lowest BCUT2D eigenvalue weighted by Crippen LogP contribution is -3.00. The van der Waals surface area contributed by atoms with Gasteiger partial charge in [0.2, 0.25) is 0 Å². The molecule has 0 atom stereocenters. The van der Waals surface area contributed by atoms with E-state index in [0.717, 1.165) is 0 Å². The van der Waals surface area contributed by atoms with Gasteiger partial charge in [-0.25, -0.2) is 0 Å². The molecule has 0 aliphatic rings. The predicted octanol–water partition coefficient (Wildman–Crippen LogP) is 3.09. The van der Waals surface area contributed by atoms with Gasteiger partial charge in [-0.15, -0.1) is 0 Å². The molecule has 0 amide bonds. The molecule has 50 heavy (non-hydrogen) atoms. The van der Waals surface area contributed by atoms with Gasteiger partial charge in [-0.05, 0) is 91.3 Å². The van der Waals surface area contributed by atoms with Gasteiger partial charge in [0, 0.05) is 0 Å². The molecule has 0 saturated carbocycles. The van der Waals surface area contributed by atoms with Gasteiger partial charge in [0.25, 0.3) is 0 Å². The summed E-state index contributed by atoms with van der Waals surface area (Å²) in [6, 6.07) is 77.2. The molecule has 0 N–H and O–H groups in total.